The summed E-state index contributed by atoms with van der Waals surface area (Å²) in [5, 5.41) is 0. The van der Waals surface area contributed by atoms with E-state index < -0.39 is 5.97 Å². The summed E-state index contributed by atoms with van der Waals surface area (Å²) < 4.78 is 15.2. The number of esters is 2. The van der Waals surface area contributed by atoms with Crippen molar-refractivity contribution in [3.05, 3.63) is 42.2 Å². The zero-order chi connectivity index (χ0) is 15.7. The Morgan fingerprint density at radius 2 is 1.71 bits per heavy atom. The van der Waals surface area contributed by atoms with Crippen molar-refractivity contribution in [1.29, 1.82) is 0 Å². The van der Waals surface area contributed by atoms with Gasteiger partial charge in [-0.15, -0.1) is 0 Å². The minimum absolute atomic E-state index is 0.152. The van der Waals surface area contributed by atoms with E-state index in [1.807, 2.05) is 6.92 Å². The van der Waals surface area contributed by atoms with Gasteiger partial charge in [0.15, 0.2) is 0 Å². The second-order valence-electron chi connectivity index (χ2n) is 4.43. The van der Waals surface area contributed by atoms with Gasteiger partial charge in [-0.25, -0.2) is 4.79 Å². The molecule has 0 saturated heterocycles. The molecule has 0 aliphatic heterocycles. The maximum absolute atomic E-state index is 11.7. The molecule has 0 aliphatic carbocycles. The van der Waals surface area contributed by atoms with E-state index >= 15 is 0 Å². The summed E-state index contributed by atoms with van der Waals surface area (Å²) in [7, 11) is 0. The van der Waals surface area contributed by atoms with Gasteiger partial charge >= 0.3 is 11.9 Å². The molecule has 0 aliphatic rings. The van der Waals surface area contributed by atoms with Crippen LogP contribution in [0.1, 0.15) is 37.0 Å². The van der Waals surface area contributed by atoms with Gasteiger partial charge in [0.25, 0.3) is 0 Å². The molecule has 0 fully saturated rings. The third-order valence-electron chi connectivity index (χ3n) is 2.44. The summed E-state index contributed by atoms with van der Waals surface area (Å²) in [6.45, 7) is 7.62. The second-order valence-corrected chi connectivity index (χ2v) is 4.43. The highest BCUT2D eigenvalue weighted by Gasteiger charge is 2.08. The molecule has 0 amide bonds. The minimum atomic E-state index is -0.452. The Labute approximate surface area is 124 Å². The topological polar surface area (TPSA) is 61.8 Å². The van der Waals surface area contributed by atoms with Crippen molar-refractivity contribution in [3.63, 3.8) is 0 Å². The number of allylic oxidation sites excluding steroid dienone is 1. The maximum atomic E-state index is 11.7. The van der Waals surface area contributed by atoms with Crippen LogP contribution in [-0.2, 0) is 14.3 Å². The molecule has 0 N–H and O–H groups in total. The Kier molecular flexibility index (Phi) is 7.01. The average Bonchev–Trinajstić information content (AvgIpc) is 2.44. The molecule has 1 aromatic rings. The van der Waals surface area contributed by atoms with Crippen molar-refractivity contribution < 1.29 is 23.8 Å². The molecule has 0 bridgehead atoms. The Morgan fingerprint density at radius 1 is 1.10 bits per heavy atom. The molecule has 1 rings (SSSR count). The van der Waals surface area contributed by atoms with E-state index in [1.165, 1.54) is 0 Å². The second kappa shape index (κ2) is 8.79. The van der Waals surface area contributed by atoms with Gasteiger partial charge in [-0.3, -0.25) is 4.79 Å². The predicted octanol–water partition coefficient (Wildman–Crippen LogP) is 3.10. The van der Waals surface area contributed by atoms with Gasteiger partial charge in [0.1, 0.15) is 19.0 Å². The van der Waals surface area contributed by atoms with Crippen LogP contribution in [0, 0.1) is 0 Å². The van der Waals surface area contributed by atoms with E-state index in [2.05, 4.69) is 6.58 Å². The fourth-order valence-electron chi connectivity index (χ4n) is 1.48. The average molecular weight is 292 g/mol. The van der Waals surface area contributed by atoms with Crippen molar-refractivity contribution in [2.75, 3.05) is 13.2 Å². The number of benzene rings is 1. The number of carbonyl (C=O) groups is 2. The van der Waals surface area contributed by atoms with Gasteiger partial charge < -0.3 is 14.2 Å². The normalized spacial score (nSPS) is 9.81. The summed E-state index contributed by atoms with van der Waals surface area (Å²) in [6.07, 6.45) is 1.10. The highest BCUT2D eigenvalue weighted by Crippen LogP contribution is 2.14. The highest BCUT2D eigenvalue weighted by atomic mass is 16.6. The van der Waals surface area contributed by atoms with Crippen LogP contribution in [0.5, 0.6) is 5.75 Å². The molecule has 0 radical (unpaired) electrons. The first-order valence-electron chi connectivity index (χ1n) is 6.79. The Hall–Kier alpha value is -2.30. The molecule has 114 valence electrons. The first kappa shape index (κ1) is 16.8. The van der Waals surface area contributed by atoms with Crippen molar-refractivity contribution in [2.45, 2.75) is 26.7 Å². The molecule has 21 heavy (non-hydrogen) atoms. The molecule has 1 aromatic carbocycles. The van der Waals surface area contributed by atoms with Crippen LogP contribution in [0.15, 0.2) is 36.6 Å². The summed E-state index contributed by atoms with van der Waals surface area (Å²) in [5.41, 5.74) is 0.389. The van der Waals surface area contributed by atoms with Crippen molar-refractivity contribution >= 4 is 11.9 Å². The fourth-order valence-corrected chi connectivity index (χ4v) is 1.48. The van der Waals surface area contributed by atoms with E-state index in [0.29, 0.717) is 23.5 Å². The Balaban J connectivity index is 2.44. The van der Waals surface area contributed by atoms with Crippen molar-refractivity contribution in [3.8, 4) is 5.75 Å². The lowest BCUT2D eigenvalue weighted by atomic mass is 10.2. The Bertz CT molecular complexity index is 490. The number of hydrogen-bond acceptors (Lipinski definition) is 5. The highest BCUT2D eigenvalue weighted by molar-refractivity contribution is 5.89. The van der Waals surface area contributed by atoms with Crippen LogP contribution >= 0.6 is 0 Å². The van der Waals surface area contributed by atoms with Crippen LogP contribution in [-0.4, -0.2) is 25.2 Å². The summed E-state index contributed by atoms with van der Waals surface area (Å²) in [6, 6.07) is 6.23. The van der Waals surface area contributed by atoms with E-state index in [1.54, 1.807) is 31.2 Å². The van der Waals surface area contributed by atoms with E-state index in [-0.39, 0.29) is 19.2 Å². The first-order valence-corrected chi connectivity index (χ1v) is 6.79. The van der Waals surface area contributed by atoms with Gasteiger partial charge in [-0.2, -0.15) is 0 Å². The zero-order valence-electron chi connectivity index (χ0n) is 12.4. The van der Waals surface area contributed by atoms with Gasteiger partial charge in [0.2, 0.25) is 0 Å². The van der Waals surface area contributed by atoms with E-state index in [0.717, 1.165) is 6.42 Å². The summed E-state index contributed by atoms with van der Waals surface area (Å²) >= 11 is 0. The third-order valence-corrected chi connectivity index (χ3v) is 2.44. The van der Waals surface area contributed by atoms with Crippen LogP contribution in [0.2, 0.25) is 0 Å². The van der Waals surface area contributed by atoms with Crippen LogP contribution < -0.4 is 4.74 Å². The molecule has 0 heterocycles. The van der Waals surface area contributed by atoms with Gasteiger partial charge in [0.05, 0.1) is 11.3 Å². The lowest BCUT2D eigenvalue weighted by Gasteiger charge is -2.07. The number of rotatable bonds is 8. The molecule has 5 heteroatoms. The van der Waals surface area contributed by atoms with Crippen LogP contribution in [0.4, 0.5) is 0 Å². The lowest BCUT2D eigenvalue weighted by molar-refractivity contribution is -0.134. The SMILES string of the molecule is C=C(C)OCCOC(=O)c1ccc(OC(=O)CCC)cc1. The summed E-state index contributed by atoms with van der Waals surface area (Å²) in [4.78, 5) is 23.0. The quantitative estimate of drug-likeness (QED) is 0.319. The van der Waals surface area contributed by atoms with Crippen molar-refractivity contribution in [1.82, 2.24) is 0 Å². The Morgan fingerprint density at radius 3 is 2.29 bits per heavy atom. The molecule has 5 nitrogen and oxygen atoms in total. The number of hydrogen-bond donors (Lipinski definition) is 0. The van der Waals surface area contributed by atoms with Crippen LogP contribution in [0.3, 0.4) is 0 Å². The molecule has 0 saturated carbocycles. The van der Waals surface area contributed by atoms with Gasteiger partial charge in [-0.05, 0) is 37.6 Å². The minimum Gasteiger partial charge on any atom is -0.495 e. The summed E-state index contributed by atoms with van der Waals surface area (Å²) in [5.74, 6) is 0.247. The van der Waals surface area contributed by atoms with E-state index in [4.69, 9.17) is 14.2 Å². The molecule has 0 spiro atoms. The standard InChI is InChI=1S/C16H20O5/c1-4-5-15(17)21-14-8-6-13(7-9-14)16(18)20-11-10-19-12(2)3/h6-9H,2,4-5,10-11H2,1,3H3. The lowest BCUT2D eigenvalue weighted by Crippen LogP contribution is -2.11. The monoisotopic (exact) mass is 292 g/mol. The third kappa shape index (κ3) is 6.61. The number of carbonyl (C=O) groups excluding carboxylic acids is 2. The molecular weight excluding hydrogens is 272 g/mol. The van der Waals surface area contributed by atoms with E-state index in [9.17, 15) is 9.59 Å². The van der Waals surface area contributed by atoms with Crippen molar-refractivity contribution in [2.24, 2.45) is 0 Å². The largest absolute Gasteiger partial charge is 0.495 e. The van der Waals surface area contributed by atoms with Gasteiger partial charge in [-0.1, -0.05) is 13.5 Å². The molecule has 0 atom stereocenters. The zero-order valence-corrected chi connectivity index (χ0v) is 12.4. The smallest absolute Gasteiger partial charge is 0.338 e. The first-order chi connectivity index (χ1) is 10.0. The molecule has 0 unspecified atom stereocenters. The molecule has 0 aromatic heterocycles. The van der Waals surface area contributed by atoms with Crippen LogP contribution in [0.25, 0.3) is 0 Å². The van der Waals surface area contributed by atoms with Gasteiger partial charge in [0, 0.05) is 6.42 Å². The maximum Gasteiger partial charge on any atom is 0.338 e. The number of ether oxygens (including phenoxy) is 3. The fraction of sp³-hybridized carbons (Fsp3) is 0.375. The predicted molar refractivity (Wildman–Crippen MR) is 78.0 cm³/mol. The molecular formula is C16H20O5.